The number of rotatable bonds is 2. The van der Waals surface area contributed by atoms with Gasteiger partial charge in [-0.15, -0.1) is 0 Å². The summed E-state index contributed by atoms with van der Waals surface area (Å²) < 4.78 is 0. The molecule has 1 aliphatic rings. The van der Waals surface area contributed by atoms with E-state index >= 15 is 0 Å². The Morgan fingerprint density at radius 1 is 1.19 bits per heavy atom. The molecule has 2 unspecified atom stereocenters. The van der Waals surface area contributed by atoms with Gasteiger partial charge in [-0.2, -0.15) is 0 Å². The lowest BCUT2D eigenvalue weighted by Crippen LogP contribution is -2.32. The van der Waals surface area contributed by atoms with Gasteiger partial charge in [0.25, 0.3) is 0 Å². The lowest BCUT2D eigenvalue weighted by molar-refractivity contribution is 0.306. The van der Waals surface area contributed by atoms with Gasteiger partial charge in [-0.3, -0.25) is 0 Å². The van der Waals surface area contributed by atoms with E-state index in [0.29, 0.717) is 6.04 Å². The smallest absolute Gasteiger partial charge is 0.0361 e. The zero-order valence-electron chi connectivity index (χ0n) is 10.5. The van der Waals surface area contributed by atoms with Gasteiger partial charge in [0.15, 0.2) is 0 Å². The maximum absolute atomic E-state index is 3.62. The van der Waals surface area contributed by atoms with Gasteiger partial charge >= 0.3 is 0 Å². The van der Waals surface area contributed by atoms with E-state index in [1.54, 1.807) is 0 Å². The fourth-order valence-corrected chi connectivity index (χ4v) is 2.48. The Kier molecular flexibility index (Phi) is 3.49. The molecule has 16 heavy (non-hydrogen) atoms. The quantitative estimate of drug-likeness (QED) is 0.821. The summed E-state index contributed by atoms with van der Waals surface area (Å²) in [6.45, 7) is 3.50. The summed E-state index contributed by atoms with van der Waals surface area (Å²) in [5.41, 5.74) is 2.70. The van der Waals surface area contributed by atoms with Crippen molar-refractivity contribution in [3.8, 4) is 0 Å². The molecule has 1 aromatic rings. The van der Waals surface area contributed by atoms with Gasteiger partial charge in [-0.25, -0.2) is 0 Å². The zero-order valence-corrected chi connectivity index (χ0v) is 10.5. The van der Waals surface area contributed by atoms with Crippen molar-refractivity contribution < 1.29 is 0 Å². The van der Waals surface area contributed by atoms with Crippen LogP contribution in [0.5, 0.6) is 0 Å². The number of nitrogens with one attached hydrogen (secondary N) is 1. The molecule has 1 aliphatic heterocycles. The Morgan fingerprint density at radius 2 is 1.88 bits per heavy atom. The minimum Gasteiger partial charge on any atom is -0.378 e. The van der Waals surface area contributed by atoms with Crippen molar-refractivity contribution in [1.29, 1.82) is 0 Å². The number of hydrogen-bond donors (Lipinski definition) is 1. The molecular formula is C14H22N2. The summed E-state index contributed by atoms with van der Waals surface area (Å²) >= 11 is 0. The van der Waals surface area contributed by atoms with E-state index in [4.69, 9.17) is 0 Å². The fourth-order valence-electron chi connectivity index (χ4n) is 2.48. The molecule has 0 spiro atoms. The third kappa shape index (κ3) is 2.38. The van der Waals surface area contributed by atoms with Crippen molar-refractivity contribution >= 4 is 5.69 Å². The highest BCUT2D eigenvalue weighted by Gasteiger charge is 2.21. The molecule has 0 radical (unpaired) electrons. The summed E-state index contributed by atoms with van der Waals surface area (Å²) in [6.07, 6.45) is 2.65. The first-order valence-corrected chi connectivity index (χ1v) is 6.19. The summed E-state index contributed by atoms with van der Waals surface area (Å²) in [6, 6.07) is 9.48. The Hall–Kier alpha value is -1.02. The summed E-state index contributed by atoms with van der Waals surface area (Å²) in [4.78, 5) is 2.14. The average Bonchev–Trinajstić information content (AvgIpc) is 2.30. The van der Waals surface area contributed by atoms with Crippen LogP contribution in [0.15, 0.2) is 24.3 Å². The van der Waals surface area contributed by atoms with Gasteiger partial charge in [0.2, 0.25) is 0 Å². The molecule has 0 aromatic heterocycles. The first-order chi connectivity index (χ1) is 7.68. The van der Waals surface area contributed by atoms with Crippen molar-refractivity contribution in [2.24, 2.45) is 5.92 Å². The lowest BCUT2D eigenvalue weighted by Gasteiger charge is -2.30. The van der Waals surface area contributed by atoms with Crippen LogP contribution in [0.4, 0.5) is 5.69 Å². The van der Waals surface area contributed by atoms with E-state index < -0.39 is 0 Å². The predicted octanol–water partition coefficient (Wildman–Crippen LogP) is 2.81. The Balaban J connectivity index is 2.14. The fraction of sp³-hybridized carbons (Fsp3) is 0.571. The molecule has 1 saturated heterocycles. The number of piperidine rings is 1. The normalized spacial score (nSPS) is 25.4. The van der Waals surface area contributed by atoms with Crippen LogP contribution < -0.4 is 10.2 Å². The topological polar surface area (TPSA) is 15.3 Å². The molecule has 1 aromatic carbocycles. The van der Waals surface area contributed by atoms with Crippen LogP contribution in [0, 0.1) is 5.92 Å². The number of hydrogen-bond acceptors (Lipinski definition) is 2. The molecule has 1 N–H and O–H groups in total. The second-order valence-electron chi connectivity index (χ2n) is 5.04. The SMILES string of the molecule is CC1CCCNC1c1ccc(N(C)C)cc1. The molecule has 1 heterocycles. The minimum atomic E-state index is 0.546. The van der Waals surface area contributed by atoms with Gasteiger partial charge in [0.05, 0.1) is 0 Å². The van der Waals surface area contributed by atoms with Crippen molar-refractivity contribution in [3.63, 3.8) is 0 Å². The van der Waals surface area contributed by atoms with Crippen molar-refractivity contribution in [2.75, 3.05) is 25.5 Å². The molecule has 0 aliphatic carbocycles. The molecule has 2 heteroatoms. The van der Waals surface area contributed by atoms with Gasteiger partial charge < -0.3 is 10.2 Å². The van der Waals surface area contributed by atoms with E-state index in [9.17, 15) is 0 Å². The number of nitrogens with zero attached hydrogens (tertiary/aromatic N) is 1. The maximum Gasteiger partial charge on any atom is 0.0361 e. The molecule has 2 nitrogen and oxygen atoms in total. The van der Waals surface area contributed by atoms with E-state index in [2.05, 4.69) is 55.5 Å². The van der Waals surface area contributed by atoms with E-state index in [1.165, 1.54) is 24.1 Å². The Labute approximate surface area is 98.7 Å². The van der Waals surface area contributed by atoms with Crippen LogP contribution in [-0.2, 0) is 0 Å². The van der Waals surface area contributed by atoms with E-state index in [0.717, 1.165) is 12.5 Å². The first kappa shape index (κ1) is 11.5. The highest BCUT2D eigenvalue weighted by molar-refractivity contribution is 5.46. The summed E-state index contributed by atoms with van der Waals surface area (Å²) in [7, 11) is 4.16. The lowest BCUT2D eigenvalue weighted by atomic mass is 9.88. The van der Waals surface area contributed by atoms with Crippen molar-refractivity contribution in [1.82, 2.24) is 5.32 Å². The zero-order chi connectivity index (χ0) is 11.5. The molecule has 1 fully saturated rings. The minimum absolute atomic E-state index is 0.546. The van der Waals surface area contributed by atoms with Crippen LogP contribution in [0.2, 0.25) is 0 Å². The van der Waals surface area contributed by atoms with E-state index in [-0.39, 0.29) is 0 Å². The Bertz CT molecular complexity index is 329. The van der Waals surface area contributed by atoms with Gasteiger partial charge in [0.1, 0.15) is 0 Å². The average molecular weight is 218 g/mol. The monoisotopic (exact) mass is 218 g/mol. The predicted molar refractivity (Wildman–Crippen MR) is 69.9 cm³/mol. The van der Waals surface area contributed by atoms with Gasteiger partial charge in [0, 0.05) is 25.8 Å². The summed E-state index contributed by atoms with van der Waals surface area (Å²) in [5.74, 6) is 0.749. The third-order valence-electron chi connectivity index (χ3n) is 3.54. The standard InChI is InChI=1S/C14H22N2/c1-11-5-4-10-15-14(11)12-6-8-13(9-7-12)16(2)3/h6-9,11,14-15H,4-5,10H2,1-3H3. The second-order valence-corrected chi connectivity index (χ2v) is 5.04. The molecule has 0 amide bonds. The molecular weight excluding hydrogens is 196 g/mol. The second kappa shape index (κ2) is 4.88. The highest BCUT2D eigenvalue weighted by atomic mass is 15.1. The van der Waals surface area contributed by atoms with Crippen molar-refractivity contribution in [2.45, 2.75) is 25.8 Å². The summed E-state index contributed by atoms with van der Waals surface area (Å²) in [5, 5.41) is 3.62. The molecule has 2 atom stereocenters. The third-order valence-corrected chi connectivity index (χ3v) is 3.54. The molecule has 0 bridgehead atoms. The molecule has 2 rings (SSSR count). The largest absolute Gasteiger partial charge is 0.378 e. The highest BCUT2D eigenvalue weighted by Crippen LogP contribution is 2.29. The van der Waals surface area contributed by atoms with Crippen molar-refractivity contribution in [3.05, 3.63) is 29.8 Å². The first-order valence-electron chi connectivity index (χ1n) is 6.19. The van der Waals surface area contributed by atoms with Crippen LogP contribution in [0.1, 0.15) is 31.4 Å². The Morgan fingerprint density at radius 3 is 2.44 bits per heavy atom. The number of anilines is 1. The van der Waals surface area contributed by atoms with Crippen LogP contribution in [-0.4, -0.2) is 20.6 Å². The molecule has 0 saturated carbocycles. The molecule has 88 valence electrons. The van der Waals surface area contributed by atoms with Gasteiger partial charge in [-0.1, -0.05) is 19.1 Å². The van der Waals surface area contributed by atoms with Crippen LogP contribution >= 0.6 is 0 Å². The van der Waals surface area contributed by atoms with Crippen LogP contribution in [0.25, 0.3) is 0 Å². The van der Waals surface area contributed by atoms with E-state index in [1.807, 2.05) is 0 Å². The maximum atomic E-state index is 3.62. The number of benzene rings is 1. The van der Waals surface area contributed by atoms with Crippen LogP contribution in [0.3, 0.4) is 0 Å². The van der Waals surface area contributed by atoms with Gasteiger partial charge in [-0.05, 0) is 43.0 Å².